The minimum absolute atomic E-state index is 0.137. The molecule has 7 nitrogen and oxygen atoms in total. The average molecular weight is 384 g/mol. The number of para-hydroxylation sites is 1. The van der Waals surface area contributed by atoms with Crippen molar-refractivity contribution in [3.63, 3.8) is 0 Å². The van der Waals surface area contributed by atoms with Crippen LogP contribution in [0.2, 0.25) is 0 Å². The summed E-state index contributed by atoms with van der Waals surface area (Å²) in [5, 5.41) is 6.41. The summed E-state index contributed by atoms with van der Waals surface area (Å²) in [7, 11) is 1.64. The summed E-state index contributed by atoms with van der Waals surface area (Å²) in [5.41, 5.74) is 0.609. The molecule has 1 saturated heterocycles. The number of ether oxygens (including phenoxy) is 2. The van der Waals surface area contributed by atoms with Crippen LogP contribution in [0.25, 0.3) is 0 Å². The fraction of sp³-hybridized carbons (Fsp3) is 0.556. The predicted molar refractivity (Wildman–Crippen MR) is 98.0 cm³/mol. The van der Waals surface area contributed by atoms with Crippen molar-refractivity contribution in [1.29, 1.82) is 0 Å². The van der Waals surface area contributed by atoms with E-state index in [2.05, 4.69) is 20.4 Å². The van der Waals surface area contributed by atoms with Crippen LogP contribution in [0.4, 0.5) is 13.6 Å². The van der Waals surface area contributed by atoms with E-state index in [1.54, 1.807) is 37.1 Å². The maximum absolute atomic E-state index is 12.5. The zero-order valence-corrected chi connectivity index (χ0v) is 15.6. The Kier molecular flexibility index (Phi) is 8.09. The third kappa shape index (κ3) is 6.58. The molecule has 1 aromatic rings. The number of hydrogen-bond acceptors (Lipinski definition) is 4. The number of amides is 1. The number of carbonyl (C=O) groups excluding carboxylic acids is 1. The smallest absolute Gasteiger partial charge is 0.409 e. The highest BCUT2D eigenvalue weighted by Gasteiger charge is 2.24. The summed E-state index contributed by atoms with van der Waals surface area (Å²) in [5.74, 6) is 0.703. The number of benzene rings is 1. The molecule has 1 aromatic carbocycles. The molecule has 0 atom stereocenters. The second-order valence-corrected chi connectivity index (χ2v) is 6.02. The summed E-state index contributed by atoms with van der Waals surface area (Å²) in [6.07, 6.45) is 1.25. The third-order valence-electron chi connectivity index (χ3n) is 4.22. The summed E-state index contributed by atoms with van der Waals surface area (Å²) in [6, 6.07) is 6.79. The predicted octanol–water partition coefficient (Wildman–Crippen LogP) is 2.57. The van der Waals surface area contributed by atoms with Gasteiger partial charge in [-0.15, -0.1) is 0 Å². The van der Waals surface area contributed by atoms with Crippen molar-refractivity contribution in [3.8, 4) is 5.75 Å². The van der Waals surface area contributed by atoms with E-state index in [9.17, 15) is 13.6 Å². The number of piperidine rings is 1. The fourth-order valence-electron chi connectivity index (χ4n) is 2.85. The van der Waals surface area contributed by atoms with E-state index in [0.717, 1.165) is 12.8 Å². The molecule has 0 aromatic heterocycles. The summed E-state index contributed by atoms with van der Waals surface area (Å²) in [6.45, 7) is 0.797. The minimum Gasteiger partial charge on any atom is -0.450 e. The number of hydrogen-bond donors (Lipinski definition) is 2. The van der Waals surface area contributed by atoms with E-state index in [4.69, 9.17) is 4.74 Å². The first-order valence-electron chi connectivity index (χ1n) is 8.95. The Morgan fingerprint density at radius 1 is 1.33 bits per heavy atom. The summed E-state index contributed by atoms with van der Waals surface area (Å²) in [4.78, 5) is 17.6. The fourth-order valence-corrected chi connectivity index (χ4v) is 2.85. The van der Waals surface area contributed by atoms with E-state index in [0.29, 0.717) is 37.8 Å². The molecule has 0 aliphatic carbocycles. The van der Waals surface area contributed by atoms with Gasteiger partial charge in [0, 0.05) is 38.3 Å². The van der Waals surface area contributed by atoms with Crippen molar-refractivity contribution in [2.45, 2.75) is 39.0 Å². The maximum atomic E-state index is 12.5. The van der Waals surface area contributed by atoms with Crippen LogP contribution >= 0.6 is 0 Å². The van der Waals surface area contributed by atoms with Gasteiger partial charge >= 0.3 is 12.7 Å². The lowest BCUT2D eigenvalue weighted by atomic mass is 10.1. The third-order valence-corrected chi connectivity index (χ3v) is 4.22. The molecule has 9 heteroatoms. The van der Waals surface area contributed by atoms with Crippen LogP contribution < -0.4 is 15.4 Å². The van der Waals surface area contributed by atoms with Crippen LogP contribution in [0.15, 0.2) is 29.3 Å². The van der Waals surface area contributed by atoms with E-state index in [-0.39, 0.29) is 17.9 Å². The number of nitrogens with zero attached hydrogens (tertiary/aromatic N) is 2. The normalized spacial score (nSPS) is 15.6. The number of guanidine groups is 1. The first-order valence-corrected chi connectivity index (χ1v) is 8.95. The second kappa shape index (κ2) is 10.5. The summed E-state index contributed by atoms with van der Waals surface area (Å²) < 4.78 is 34.5. The first-order chi connectivity index (χ1) is 13.0. The van der Waals surface area contributed by atoms with Crippen molar-refractivity contribution in [3.05, 3.63) is 29.8 Å². The van der Waals surface area contributed by atoms with Gasteiger partial charge in [-0.2, -0.15) is 8.78 Å². The number of nitrogens with one attached hydrogen (secondary N) is 2. The zero-order chi connectivity index (χ0) is 19.6. The molecule has 27 heavy (non-hydrogen) atoms. The van der Waals surface area contributed by atoms with E-state index in [1.807, 2.05) is 0 Å². The molecule has 1 aliphatic rings. The summed E-state index contributed by atoms with van der Waals surface area (Å²) >= 11 is 0. The lowest BCUT2D eigenvalue weighted by molar-refractivity contribution is -0.0504. The zero-order valence-electron chi connectivity index (χ0n) is 15.6. The SMILES string of the molecule is CCOC(=O)N1CCC(NC(=NC)NCc2ccccc2OC(F)F)CC1. The minimum atomic E-state index is -2.87. The molecular formula is C18H26F2N4O3. The molecule has 0 unspecified atom stereocenters. The van der Waals surface area contributed by atoms with Gasteiger partial charge in [0.05, 0.1) is 6.61 Å². The monoisotopic (exact) mass is 384 g/mol. The number of alkyl halides is 2. The van der Waals surface area contributed by atoms with Crippen molar-refractivity contribution in [1.82, 2.24) is 15.5 Å². The van der Waals surface area contributed by atoms with Crippen LogP contribution in [0.5, 0.6) is 5.75 Å². The Balaban J connectivity index is 1.83. The molecule has 1 fully saturated rings. The maximum Gasteiger partial charge on any atom is 0.409 e. The Bertz CT molecular complexity index is 635. The van der Waals surface area contributed by atoms with Gasteiger partial charge in [-0.3, -0.25) is 4.99 Å². The number of likely N-dealkylation sites (tertiary alicyclic amines) is 1. The van der Waals surface area contributed by atoms with Crippen LogP contribution in [0.3, 0.4) is 0 Å². The molecule has 1 amide bonds. The molecule has 1 aliphatic heterocycles. The Hall–Kier alpha value is -2.58. The van der Waals surface area contributed by atoms with Crippen molar-refractivity contribution < 1.29 is 23.0 Å². The standard InChI is InChI=1S/C18H26F2N4O3/c1-3-26-18(25)24-10-8-14(9-11-24)23-17(21-2)22-12-13-6-4-5-7-15(13)27-16(19)20/h4-7,14,16H,3,8-12H2,1-2H3,(H2,21,22,23). The Labute approximate surface area is 157 Å². The van der Waals surface area contributed by atoms with Crippen molar-refractivity contribution >= 4 is 12.1 Å². The average Bonchev–Trinajstić information content (AvgIpc) is 2.66. The van der Waals surface area contributed by atoms with Crippen LogP contribution in [0, 0.1) is 0 Å². The van der Waals surface area contributed by atoms with E-state index >= 15 is 0 Å². The molecule has 0 bridgehead atoms. The Morgan fingerprint density at radius 3 is 2.67 bits per heavy atom. The van der Waals surface area contributed by atoms with Gasteiger partial charge in [0.2, 0.25) is 0 Å². The van der Waals surface area contributed by atoms with Crippen LogP contribution in [0.1, 0.15) is 25.3 Å². The van der Waals surface area contributed by atoms with Gasteiger partial charge in [0.15, 0.2) is 5.96 Å². The van der Waals surface area contributed by atoms with E-state index in [1.165, 1.54) is 6.07 Å². The van der Waals surface area contributed by atoms with Gasteiger partial charge in [-0.1, -0.05) is 18.2 Å². The molecular weight excluding hydrogens is 358 g/mol. The number of carbonyl (C=O) groups is 1. The van der Waals surface area contributed by atoms with Gasteiger partial charge in [-0.25, -0.2) is 4.79 Å². The van der Waals surface area contributed by atoms with Crippen LogP contribution in [-0.4, -0.2) is 56.4 Å². The number of aliphatic imine (C=N–C) groups is 1. The highest BCUT2D eigenvalue weighted by molar-refractivity contribution is 5.80. The first kappa shape index (κ1) is 20.7. The Morgan fingerprint density at radius 2 is 2.04 bits per heavy atom. The largest absolute Gasteiger partial charge is 0.450 e. The van der Waals surface area contributed by atoms with Gasteiger partial charge < -0.3 is 25.0 Å². The number of halogens is 2. The topological polar surface area (TPSA) is 75.2 Å². The molecule has 0 radical (unpaired) electrons. The van der Waals surface area contributed by atoms with Crippen molar-refractivity contribution in [2.75, 3.05) is 26.7 Å². The molecule has 150 valence electrons. The molecule has 0 saturated carbocycles. The van der Waals surface area contributed by atoms with Crippen molar-refractivity contribution in [2.24, 2.45) is 4.99 Å². The lowest BCUT2D eigenvalue weighted by Gasteiger charge is -2.32. The van der Waals surface area contributed by atoms with Gasteiger partial charge in [0.1, 0.15) is 5.75 Å². The molecule has 0 spiro atoms. The lowest BCUT2D eigenvalue weighted by Crippen LogP contribution is -2.49. The molecule has 2 rings (SSSR count). The second-order valence-electron chi connectivity index (χ2n) is 6.02. The van der Waals surface area contributed by atoms with Gasteiger partial charge in [-0.05, 0) is 25.8 Å². The highest BCUT2D eigenvalue weighted by Crippen LogP contribution is 2.20. The van der Waals surface area contributed by atoms with Gasteiger partial charge in [0.25, 0.3) is 0 Å². The van der Waals surface area contributed by atoms with E-state index < -0.39 is 6.61 Å². The van der Waals surface area contributed by atoms with Crippen LogP contribution in [-0.2, 0) is 11.3 Å². The molecule has 2 N–H and O–H groups in total. The molecule has 1 heterocycles. The highest BCUT2D eigenvalue weighted by atomic mass is 19.3. The quantitative estimate of drug-likeness (QED) is 0.582. The number of rotatable bonds is 6.